The van der Waals surface area contributed by atoms with E-state index < -0.39 is 0 Å². The van der Waals surface area contributed by atoms with Crippen molar-refractivity contribution in [2.24, 2.45) is 5.73 Å². The molecule has 0 amide bonds. The molecular formula is C10H15ClN2. The Balaban J connectivity index is 2.98. The first kappa shape index (κ1) is 10.4. The lowest BCUT2D eigenvalue weighted by Gasteiger charge is -2.14. The van der Waals surface area contributed by atoms with Crippen molar-refractivity contribution in [2.75, 3.05) is 5.73 Å². The molecule has 1 rings (SSSR count). The second kappa shape index (κ2) is 4.49. The predicted octanol–water partition coefficient (Wildman–Crippen LogP) is 2.72. The summed E-state index contributed by atoms with van der Waals surface area (Å²) < 4.78 is 0. The SMILES string of the molecule is CCC[C@@H](N)c1c(N)cccc1Cl. The average Bonchev–Trinajstić information content (AvgIpc) is 2.04. The van der Waals surface area contributed by atoms with Gasteiger partial charge in [-0.25, -0.2) is 0 Å². The van der Waals surface area contributed by atoms with Crippen LogP contribution < -0.4 is 11.5 Å². The summed E-state index contributed by atoms with van der Waals surface area (Å²) in [5, 5.41) is 0.668. The number of hydrogen-bond acceptors (Lipinski definition) is 2. The molecule has 0 saturated carbocycles. The van der Waals surface area contributed by atoms with Crippen molar-refractivity contribution in [3.05, 3.63) is 28.8 Å². The Bertz CT molecular complexity index is 266. The first-order chi connectivity index (χ1) is 6.16. The van der Waals surface area contributed by atoms with E-state index in [0.717, 1.165) is 18.4 Å². The van der Waals surface area contributed by atoms with Crippen molar-refractivity contribution in [1.82, 2.24) is 0 Å². The highest BCUT2D eigenvalue weighted by molar-refractivity contribution is 6.31. The van der Waals surface area contributed by atoms with Crippen LogP contribution in [0.3, 0.4) is 0 Å². The molecule has 0 fully saturated rings. The van der Waals surface area contributed by atoms with E-state index in [0.29, 0.717) is 10.7 Å². The lowest BCUT2D eigenvalue weighted by atomic mass is 10.0. The Labute approximate surface area is 83.9 Å². The van der Waals surface area contributed by atoms with Gasteiger partial charge >= 0.3 is 0 Å². The molecule has 1 aromatic rings. The third-order valence-corrected chi connectivity index (χ3v) is 2.39. The number of benzene rings is 1. The summed E-state index contributed by atoms with van der Waals surface area (Å²) in [6.07, 6.45) is 1.94. The van der Waals surface area contributed by atoms with Crippen LogP contribution in [-0.2, 0) is 0 Å². The van der Waals surface area contributed by atoms with Gasteiger partial charge in [0.1, 0.15) is 0 Å². The largest absolute Gasteiger partial charge is 0.398 e. The van der Waals surface area contributed by atoms with Gasteiger partial charge in [0.25, 0.3) is 0 Å². The van der Waals surface area contributed by atoms with Crippen molar-refractivity contribution in [2.45, 2.75) is 25.8 Å². The highest BCUT2D eigenvalue weighted by atomic mass is 35.5. The maximum Gasteiger partial charge on any atom is 0.0474 e. The van der Waals surface area contributed by atoms with Crippen LogP contribution in [0.2, 0.25) is 5.02 Å². The molecule has 0 aliphatic carbocycles. The van der Waals surface area contributed by atoms with Crippen molar-refractivity contribution < 1.29 is 0 Å². The molecule has 0 radical (unpaired) electrons. The van der Waals surface area contributed by atoms with Crippen LogP contribution in [0.1, 0.15) is 31.4 Å². The number of rotatable bonds is 3. The molecule has 4 N–H and O–H groups in total. The summed E-state index contributed by atoms with van der Waals surface area (Å²) in [6, 6.07) is 5.44. The van der Waals surface area contributed by atoms with E-state index in [1.165, 1.54) is 0 Å². The fraction of sp³-hybridized carbons (Fsp3) is 0.400. The molecule has 0 heterocycles. The highest BCUT2D eigenvalue weighted by Gasteiger charge is 2.11. The van der Waals surface area contributed by atoms with Crippen LogP contribution >= 0.6 is 11.6 Å². The molecule has 0 aliphatic rings. The Morgan fingerprint density at radius 1 is 1.46 bits per heavy atom. The lowest BCUT2D eigenvalue weighted by Crippen LogP contribution is -2.12. The van der Waals surface area contributed by atoms with E-state index in [9.17, 15) is 0 Å². The van der Waals surface area contributed by atoms with Crippen LogP contribution in [0.5, 0.6) is 0 Å². The average molecular weight is 199 g/mol. The molecule has 0 aliphatic heterocycles. The molecule has 1 aromatic carbocycles. The normalized spacial score (nSPS) is 12.8. The van der Waals surface area contributed by atoms with E-state index in [4.69, 9.17) is 23.1 Å². The summed E-state index contributed by atoms with van der Waals surface area (Å²) in [5.74, 6) is 0. The van der Waals surface area contributed by atoms with E-state index in [1.54, 1.807) is 0 Å². The van der Waals surface area contributed by atoms with E-state index >= 15 is 0 Å². The van der Waals surface area contributed by atoms with Gasteiger partial charge in [0.2, 0.25) is 0 Å². The van der Waals surface area contributed by atoms with E-state index in [-0.39, 0.29) is 6.04 Å². The monoisotopic (exact) mass is 198 g/mol. The minimum absolute atomic E-state index is 0.0429. The molecule has 0 unspecified atom stereocenters. The summed E-state index contributed by atoms with van der Waals surface area (Å²) in [5.41, 5.74) is 13.3. The van der Waals surface area contributed by atoms with Gasteiger partial charge in [-0.05, 0) is 18.6 Å². The number of anilines is 1. The lowest BCUT2D eigenvalue weighted by molar-refractivity contribution is 0.640. The predicted molar refractivity (Wildman–Crippen MR) is 57.7 cm³/mol. The molecule has 0 bridgehead atoms. The van der Waals surface area contributed by atoms with Crippen molar-refractivity contribution >= 4 is 17.3 Å². The smallest absolute Gasteiger partial charge is 0.0474 e. The standard InChI is InChI=1S/C10H15ClN2/c1-2-4-8(12)10-7(11)5-3-6-9(10)13/h3,5-6,8H,2,4,12-13H2,1H3/t8-/m1/s1. The Morgan fingerprint density at radius 3 is 2.69 bits per heavy atom. The Morgan fingerprint density at radius 2 is 2.15 bits per heavy atom. The first-order valence-electron chi connectivity index (χ1n) is 4.46. The van der Waals surface area contributed by atoms with Crippen molar-refractivity contribution in [1.29, 1.82) is 0 Å². The minimum Gasteiger partial charge on any atom is -0.398 e. The van der Waals surface area contributed by atoms with Crippen LogP contribution in [0, 0.1) is 0 Å². The summed E-state index contributed by atoms with van der Waals surface area (Å²) >= 11 is 6.00. The second-order valence-electron chi connectivity index (χ2n) is 3.14. The fourth-order valence-corrected chi connectivity index (χ4v) is 1.72. The minimum atomic E-state index is -0.0429. The zero-order chi connectivity index (χ0) is 9.84. The summed E-state index contributed by atoms with van der Waals surface area (Å²) in [4.78, 5) is 0. The van der Waals surface area contributed by atoms with Crippen molar-refractivity contribution in [3.8, 4) is 0 Å². The number of halogens is 1. The van der Waals surface area contributed by atoms with E-state index in [1.807, 2.05) is 18.2 Å². The van der Waals surface area contributed by atoms with Gasteiger partial charge in [-0.15, -0.1) is 0 Å². The Hall–Kier alpha value is -0.730. The van der Waals surface area contributed by atoms with Gasteiger partial charge in [0.15, 0.2) is 0 Å². The van der Waals surface area contributed by atoms with Gasteiger partial charge in [-0.3, -0.25) is 0 Å². The van der Waals surface area contributed by atoms with Crippen LogP contribution in [0.15, 0.2) is 18.2 Å². The molecule has 0 saturated heterocycles. The zero-order valence-corrected chi connectivity index (χ0v) is 8.51. The summed E-state index contributed by atoms with van der Waals surface area (Å²) in [7, 11) is 0. The third kappa shape index (κ3) is 2.36. The highest BCUT2D eigenvalue weighted by Crippen LogP contribution is 2.29. The molecular weight excluding hydrogens is 184 g/mol. The van der Waals surface area contributed by atoms with Gasteiger partial charge in [-0.1, -0.05) is 31.0 Å². The van der Waals surface area contributed by atoms with Crippen LogP contribution in [-0.4, -0.2) is 0 Å². The Kier molecular flexibility index (Phi) is 3.58. The molecule has 13 heavy (non-hydrogen) atoms. The zero-order valence-electron chi connectivity index (χ0n) is 7.76. The summed E-state index contributed by atoms with van der Waals surface area (Å²) in [6.45, 7) is 2.09. The van der Waals surface area contributed by atoms with Gasteiger partial charge in [0, 0.05) is 22.3 Å². The molecule has 0 spiro atoms. The molecule has 72 valence electrons. The maximum absolute atomic E-state index is 6.00. The fourth-order valence-electron chi connectivity index (χ4n) is 1.40. The van der Waals surface area contributed by atoms with Gasteiger partial charge in [0.05, 0.1) is 0 Å². The van der Waals surface area contributed by atoms with Crippen LogP contribution in [0.4, 0.5) is 5.69 Å². The third-order valence-electron chi connectivity index (χ3n) is 2.06. The molecule has 3 heteroatoms. The molecule has 2 nitrogen and oxygen atoms in total. The van der Waals surface area contributed by atoms with Gasteiger partial charge in [-0.2, -0.15) is 0 Å². The van der Waals surface area contributed by atoms with Crippen molar-refractivity contribution in [3.63, 3.8) is 0 Å². The first-order valence-corrected chi connectivity index (χ1v) is 4.84. The molecule has 0 aromatic heterocycles. The molecule has 1 atom stereocenters. The van der Waals surface area contributed by atoms with Gasteiger partial charge < -0.3 is 11.5 Å². The number of nitrogens with two attached hydrogens (primary N) is 2. The quantitative estimate of drug-likeness (QED) is 0.734. The van der Waals surface area contributed by atoms with Crippen LogP contribution in [0.25, 0.3) is 0 Å². The second-order valence-corrected chi connectivity index (χ2v) is 3.55. The topological polar surface area (TPSA) is 52.0 Å². The van der Waals surface area contributed by atoms with E-state index in [2.05, 4.69) is 6.92 Å². The number of hydrogen-bond donors (Lipinski definition) is 2. The maximum atomic E-state index is 6.00. The number of nitrogen functional groups attached to an aromatic ring is 1.